The number of phenols is 1. The number of carbonyl (C=O) groups excluding carboxylic acids is 1. The summed E-state index contributed by atoms with van der Waals surface area (Å²) in [5.74, 6) is -0.114. The molecule has 9 heteroatoms. The number of methoxy groups -OCH3 is 2. The van der Waals surface area contributed by atoms with E-state index in [9.17, 15) is 9.90 Å². The Morgan fingerprint density at radius 2 is 2.00 bits per heavy atom. The Bertz CT molecular complexity index is 1120. The van der Waals surface area contributed by atoms with E-state index in [0.717, 1.165) is 11.3 Å². The zero-order chi connectivity index (χ0) is 21.5. The number of nitrogens with two attached hydrogens (primary N) is 1. The lowest BCUT2D eigenvalue weighted by molar-refractivity contribution is 0.0998. The number of ether oxygens (including phenoxy) is 2. The zero-order valence-electron chi connectivity index (χ0n) is 16.6. The van der Waals surface area contributed by atoms with Crippen LogP contribution in [0.5, 0.6) is 11.5 Å². The molecule has 0 aliphatic heterocycles. The highest BCUT2D eigenvalue weighted by atomic mass is 32.1. The van der Waals surface area contributed by atoms with Crippen LogP contribution in [0.25, 0.3) is 11.3 Å². The first-order valence-electron chi connectivity index (χ1n) is 9.05. The third-order valence-electron chi connectivity index (χ3n) is 4.22. The number of hydrogen-bond donors (Lipinski definition) is 2. The van der Waals surface area contributed by atoms with Crippen molar-refractivity contribution in [2.45, 2.75) is 0 Å². The third-order valence-corrected chi connectivity index (χ3v) is 5.08. The van der Waals surface area contributed by atoms with Crippen LogP contribution in [-0.4, -0.2) is 49.3 Å². The van der Waals surface area contributed by atoms with Crippen LogP contribution in [0.2, 0.25) is 0 Å². The van der Waals surface area contributed by atoms with Crippen molar-refractivity contribution in [3.05, 3.63) is 63.8 Å². The molecule has 0 atom stereocenters. The van der Waals surface area contributed by atoms with E-state index < -0.39 is 5.91 Å². The number of thiazole rings is 1. The third kappa shape index (κ3) is 4.94. The molecule has 3 N–H and O–H groups in total. The fourth-order valence-electron chi connectivity index (χ4n) is 2.66. The topological polar surface area (TPSA) is 111 Å². The van der Waals surface area contributed by atoms with Crippen molar-refractivity contribution < 1.29 is 19.4 Å². The molecule has 0 bridgehead atoms. The minimum atomic E-state index is -0.706. The molecule has 8 nitrogen and oxygen atoms in total. The molecular weight excluding hydrogens is 404 g/mol. The number of hydrogen-bond acceptors (Lipinski definition) is 7. The molecule has 3 rings (SSSR count). The first-order valence-corrected chi connectivity index (χ1v) is 9.93. The summed E-state index contributed by atoms with van der Waals surface area (Å²) in [6, 6.07) is 12.2. The van der Waals surface area contributed by atoms with E-state index in [1.165, 1.54) is 23.5 Å². The number of rotatable bonds is 8. The van der Waals surface area contributed by atoms with E-state index in [0.29, 0.717) is 29.2 Å². The number of amides is 1. The van der Waals surface area contributed by atoms with Gasteiger partial charge in [0.1, 0.15) is 11.5 Å². The number of aromatic nitrogens is 1. The van der Waals surface area contributed by atoms with Crippen LogP contribution in [-0.2, 0) is 4.74 Å². The van der Waals surface area contributed by atoms with Crippen molar-refractivity contribution in [3.63, 3.8) is 0 Å². The van der Waals surface area contributed by atoms with Crippen molar-refractivity contribution in [1.29, 1.82) is 0 Å². The van der Waals surface area contributed by atoms with Gasteiger partial charge >= 0.3 is 0 Å². The van der Waals surface area contributed by atoms with E-state index in [4.69, 9.17) is 15.2 Å². The second kappa shape index (κ2) is 9.86. The van der Waals surface area contributed by atoms with Gasteiger partial charge in [-0.3, -0.25) is 9.79 Å². The standard InChI is InChI=1S/C21H22N4O4S/c1-28-10-9-23-21-25(24-12-14-3-6-16(29-2)7-4-14)18(13-30-21)15-5-8-19(26)17(11-15)20(22)27/h3-8,11-13,26H,9-10H2,1-2H3,(H2,22,27)/b23-21?,24-12-. The minimum absolute atomic E-state index is 0.0438. The van der Waals surface area contributed by atoms with Gasteiger partial charge in [0.25, 0.3) is 5.91 Å². The van der Waals surface area contributed by atoms with Gasteiger partial charge in [-0.1, -0.05) is 0 Å². The van der Waals surface area contributed by atoms with E-state index in [-0.39, 0.29) is 11.3 Å². The molecule has 3 aromatic rings. The SMILES string of the molecule is COCCN=c1scc(-c2ccc(O)c(C(N)=O)c2)n1/N=C\c1ccc(OC)cc1. The number of aromatic hydroxyl groups is 1. The van der Waals surface area contributed by atoms with Gasteiger partial charge in [0.05, 0.1) is 37.7 Å². The van der Waals surface area contributed by atoms with Gasteiger partial charge in [-0.15, -0.1) is 11.3 Å². The van der Waals surface area contributed by atoms with Crippen LogP contribution in [0.3, 0.4) is 0 Å². The highest BCUT2D eigenvalue weighted by Gasteiger charge is 2.13. The van der Waals surface area contributed by atoms with Crippen molar-refractivity contribution in [1.82, 2.24) is 4.68 Å². The van der Waals surface area contributed by atoms with Gasteiger partial charge in [-0.05, 0) is 48.0 Å². The molecule has 1 heterocycles. The number of primary amides is 1. The van der Waals surface area contributed by atoms with E-state index in [1.54, 1.807) is 31.2 Å². The molecule has 30 heavy (non-hydrogen) atoms. The average molecular weight is 426 g/mol. The summed E-state index contributed by atoms with van der Waals surface area (Å²) in [7, 11) is 3.23. The van der Waals surface area contributed by atoms with E-state index >= 15 is 0 Å². The predicted molar refractivity (Wildman–Crippen MR) is 116 cm³/mol. The fraction of sp³-hybridized carbons (Fsp3) is 0.190. The van der Waals surface area contributed by atoms with Crippen LogP contribution in [0, 0.1) is 0 Å². The maximum absolute atomic E-state index is 11.6. The van der Waals surface area contributed by atoms with E-state index in [2.05, 4.69) is 10.1 Å². The molecule has 2 aromatic carbocycles. The zero-order valence-corrected chi connectivity index (χ0v) is 17.4. The monoisotopic (exact) mass is 426 g/mol. The summed E-state index contributed by atoms with van der Waals surface area (Å²) in [5, 5.41) is 16.4. The van der Waals surface area contributed by atoms with Gasteiger partial charge in [0.15, 0.2) is 0 Å². The van der Waals surface area contributed by atoms with Gasteiger partial charge in [0.2, 0.25) is 4.80 Å². The molecule has 0 radical (unpaired) electrons. The fourth-order valence-corrected chi connectivity index (χ4v) is 3.52. The van der Waals surface area contributed by atoms with E-state index in [1.807, 2.05) is 29.6 Å². The maximum atomic E-state index is 11.6. The van der Waals surface area contributed by atoms with Crippen LogP contribution >= 0.6 is 11.3 Å². The normalized spacial score (nSPS) is 11.9. The van der Waals surface area contributed by atoms with Crippen LogP contribution in [0.4, 0.5) is 0 Å². The molecule has 0 spiro atoms. The lowest BCUT2D eigenvalue weighted by atomic mass is 10.1. The Labute approximate surface area is 177 Å². The maximum Gasteiger partial charge on any atom is 0.252 e. The van der Waals surface area contributed by atoms with Gasteiger partial charge in [0, 0.05) is 18.1 Å². The van der Waals surface area contributed by atoms with Crippen molar-refractivity contribution >= 4 is 23.5 Å². The predicted octanol–water partition coefficient (Wildman–Crippen LogP) is 2.46. The summed E-state index contributed by atoms with van der Waals surface area (Å²) >= 11 is 1.41. The average Bonchev–Trinajstić information content (AvgIpc) is 3.15. The van der Waals surface area contributed by atoms with Crippen LogP contribution < -0.4 is 15.3 Å². The lowest BCUT2D eigenvalue weighted by Crippen LogP contribution is -2.14. The second-order valence-corrected chi connectivity index (χ2v) is 7.04. The molecule has 0 fully saturated rings. The molecular formula is C21H22N4O4S. The van der Waals surface area contributed by atoms with Crippen LogP contribution in [0.15, 0.2) is 57.9 Å². The first-order chi connectivity index (χ1) is 14.5. The Hall–Kier alpha value is -3.43. The summed E-state index contributed by atoms with van der Waals surface area (Å²) in [5.41, 5.74) is 7.68. The Kier molecular flexibility index (Phi) is 6.99. The Balaban J connectivity index is 2.05. The molecule has 0 aliphatic rings. The number of nitrogens with zero attached hydrogens (tertiary/aromatic N) is 3. The summed E-state index contributed by atoms with van der Waals surface area (Å²) in [6.07, 6.45) is 1.71. The highest BCUT2D eigenvalue weighted by molar-refractivity contribution is 7.07. The Morgan fingerprint density at radius 3 is 2.67 bits per heavy atom. The molecule has 156 valence electrons. The van der Waals surface area contributed by atoms with Crippen molar-refractivity contribution in [2.75, 3.05) is 27.4 Å². The molecule has 1 aromatic heterocycles. The molecule has 0 saturated heterocycles. The lowest BCUT2D eigenvalue weighted by Gasteiger charge is -2.07. The Morgan fingerprint density at radius 1 is 1.23 bits per heavy atom. The number of carbonyl (C=O) groups is 1. The number of benzene rings is 2. The van der Waals surface area contributed by atoms with Crippen molar-refractivity contribution in [3.8, 4) is 22.8 Å². The molecule has 0 unspecified atom stereocenters. The second-order valence-electron chi connectivity index (χ2n) is 6.20. The smallest absolute Gasteiger partial charge is 0.252 e. The molecule has 0 aliphatic carbocycles. The van der Waals surface area contributed by atoms with Gasteiger partial charge in [-0.25, -0.2) is 4.68 Å². The minimum Gasteiger partial charge on any atom is -0.507 e. The largest absolute Gasteiger partial charge is 0.507 e. The summed E-state index contributed by atoms with van der Waals surface area (Å²) in [4.78, 5) is 16.8. The van der Waals surface area contributed by atoms with Gasteiger partial charge in [-0.2, -0.15) is 5.10 Å². The summed E-state index contributed by atoms with van der Waals surface area (Å²) in [6.45, 7) is 0.969. The van der Waals surface area contributed by atoms with Crippen LogP contribution in [0.1, 0.15) is 15.9 Å². The van der Waals surface area contributed by atoms with Crippen molar-refractivity contribution in [2.24, 2.45) is 15.8 Å². The quantitative estimate of drug-likeness (QED) is 0.426. The first kappa shape index (κ1) is 21.3. The summed E-state index contributed by atoms with van der Waals surface area (Å²) < 4.78 is 11.9. The molecule has 0 saturated carbocycles. The molecule has 1 amide bonds. The van der Waals surface area contributed by atoms with Gasteiger partial charge < -0.3 is 20.3 Å². The highest BCUT2D eigenvalue weighted by Crippen LogP contribution is 2.26.